The maximum Gasteiger partial charge on any atom is 0.123 e. The van der Waals surface area contributed by atoms with Crippen LogP contribution < -0.4 is 5.32 Å². The standard InChI is InChI=1S/C16H19BrFNS2/c1-2-7-19-14(9-16-8-12(17)10-20-16)11-21-15-5-3-13(18)4-6-15/h3-6,8,10,14,19H,2,7,9,11H2,1H3. The van der Waals surface area contributed by atoms with Gasteiger partial charge in [0.1, 0.15) is 5.82 Å². The van der Waals surface area contributed by atoms with Gasteiger partial charge < -0.3 is 5.32 Å². The fourth-order valence-electron chi connectivity index (χ4n) is 1.97. The minimum atomic E-state index is -0.177. The van der Waals surface area contributed by atoms with Crippen molar-refractivity contribution in [3.8, 4) is 0 Å². The first-order valence-electron chi connectivity index (χ1n) is 7.02. The number of benzene rings is 1. The Morgan fingerprint density at radius 2 is 2.10 bits per heavy atom. The lowest BCUT2D eigenvalue weighted by Crippen LogP contribution is -2.33. The number of hydrogen-bond donors (Lipinski definition) is 1. The summed E-state index contributed by atoms with van der Waals surface area (Å²) < 4.78 is 14.1. The summed E-state index contributed by atoms with van der Waals surface area (Å²) in [6.45, 7) is 3.21. The minimum Gasteiger partial charge on any atom is -0.313 e. The average molecular weight is 388 g/mol. The molecule has 0 aliphatic heterocycles. The van der Waals surface area contributed by atoms with E-state index < -0.39 is 0 Å². The number of rotatable bonds is 8. The van der Waals surface area contributed by atoms with Gasteiger partial charge in [-0.25, -0.2) is 4.39 Å². The van der Waals surface area contributed by atoms with Crippen molar-refractivity contribution < 1.29 is 4.39 Å². The van der Waals surface area contributed by atoms with Crippen LogP contribution in [-0.2, 0) is 6.42 Å². The van der Waals surface area contributed by atoms with Crippen molar-refractivity contribution in [2.24, 2.45) is 0 Å². The summed E-state index contributed by atoms with van der Waals surface area (Å²) >= 11 is 7.07. The molecular weight excluding hydrogens is 369 g/mol. The quantitative estimate of drug-likeness (QED) is 0.612. The highest BCUT2D eigenvalue weighted by Gasteiger charge is 2.11. The van der Waals surface area contributed by atoms with E-state index in [2.05, 4.69) is 39.6 Å². The molecule has 0 fully saturated rings. The second-order valence-corrected chi connectivity index (χ2v) is 7.86. The molecule has 0 bridgehead atoms. The van der Waals surface area contributed by atoms with Gasteiger partial charge >= 0.3 is 0 Å². The Morgan fingerprint density at radius 1 is 1.33 bits per heavy atom. The highest BCUT2D eigenvalue weighted by atomic mass is 79.9. The van der Waals surface area contributed by atoms with Crippen LogP contribution in [0.5, 0.6) is 0 Å². The van der Waals surface area contributed by atoms with Crippen LogP contribution in [0.2, 0.25) is 0 Å². The van der Waals surface area contributed by atoms with E-state index in [1.807, 2.05) is 12.1 Å². The van der Waals surface area contributed by atoms with Gasteiger partial charge in [-0.15, -0.1) is 23.1 Å². The fraction of sp³-hybridized carbons (Fsp3) is 0.375. The Bertz CT molecular complexity index is 541. The minimum absolute atomic E-state index is 0.177. The van der Waals surface area contributed by atoms with E-state index in [0.29, 0.717) is 6.04 Å². The van der Waals surface area contributed by atoms with Crippen LogP contribution in [0.15, 0.2) is 45.1 Å². The average Bonchev–Trinajstić information content (AvgIpc) is 2.89. The third-order valence-electron chi connectivity index (χ3n) is 3.02. The Labute approximate surface area is 142 Å². The number of thioether (sulfide) groups is 1. The van der Waals surface area contributed by atoms with Crippen LogP contribution in [0, 0.1) is 5.82 Å². The summed E-state index contributed by atoms with van der Waals surface area (Å²) in [5.41, 5.74) is 0. The number of nitrogens with one attached hydrogen (secondary N) is 1. The van der Waals surface area contributed by atoms with Crippen molar-refractivity contribution in [2.45, 2.75) is 30.7 Å². The normalized spacial score (nSPS) is 12.5. The lowest BCUT2D eigenvalue weighted by Gasteiger charge is -2.17. The molecule has 1 atom stereocenters. The molecule has 0 radical (unpaired) electrons. The predicted molar refractivity (Wildman–Crippen MR) is 94.9 cm³/mol. The summed E-state index contributed by atoms with van der Waals surface area (Å²) in [6, 6.07) is 9.36. The van der Waals surface area contributed by atoms with Gasteiger partial charge in [0.15, 0.2) is 0 Å². The highest BCUT2D eigenvalue weighted by molar-refractivity contribution is 9.10. The van der Waals surface area contributed by atoms with Crippen LogP contribution in [0.4, 0.5) is 4.39 Å². The Kier molecular flexibility index (Phi) is 7.23. The largest absolute Gasteiger partial charge is 0.313 e. The molecule has 1 aromatic carbocycles. The zero-order valence-corrected chi connectivity index (χ0v) is 15.2. The summed E-state index contributed by atoms with van der Waals surface area (Å²) in [4.78, 5) is 2.50. The van der Waals surface area contributed by atoms with Gasteiger partial charge in [-0.2, -0.15) is 0 Å². The second kappa shape index (κ2) is 8.93. The smallest absolute Gasteiger partial charge is 0.123 e. The van der Waals surface area contributed by atoms with Gasteiger partial charge in [-0.05, 0) is 65.6 Å². The van der Waals surface area contributed by atoms with E-state index in [9.17, 15) is 4.39 Å². The monoisotopic (exact) mass is 387 g/mol. The highest BCUT2D eigenvalue weighted by Crippen LogP contribution is 2.24. The molecule has 21 heavy (non-hydrogen) atoms. The molecule has 0 saturated heterocycles. The molecule has 2 aromatic rings. The Hall–Kier alpha value is -0.360. The summed E-state index contributed by atoms with van der Waals surface area (Å²) in [7, 11) is 0. The van der Waals surface area contributed by atoms with Gasteiger partial charge in [-0.3, -0.25) is 0 Å². The van der Waals surface area contributed by atoms with Crippen LogP contribution in [0.3, 0.4) is 0 Å². The van der Waals surface area contributed by atoms with Gasteiger partial charge in [0.25, 0.3) is 0 Å². The predicted octanol–water partition coefficient (Wildman–Crippen LogP) is 5.35. The molecule has 1 heterocycles. The third-order valence-corrected chi connectivity index (χ3v) is 5.91. The topological polar surface area (TPSA) is 12.0 Å². The van der Waals surface area contributed by atoms with Gasteiger partial charge in [0.2, 0.25) is 0 Å². The van der Waals surface area contributed by atoms with Gasteiger partial charge in [0, 0.05) is 31.4 Å². The molecule has 0 aliphatic rings. The molecule has 0 amide bonds. The van der Waals surface area contributed by atoms with E-state index in [1.54, 1.807) is 23.1 Å². The van der Waals surface area contributed by atoms with E-state index in [0.717, 1.165) is 34.5 Å². The first-order valence-corrected chi connectivity index (χ1v) is 9.68. The zero-order valence-electron chi connectivity index (χ0n) is 11.9. The lowest BCUT2D eigenvalue weighted by molar-refractivity contribution is 0.553. The Balaban J connectivity index is 1.90. The van der Waals surface area contributed by atoms with Crippen LogP contribution in [0.25, 0.3) is 0 Å². The van der Waals surface area contributed by atoms with E-state index in [4.69, 9.17) is 0 Å². The first kappa shape index (κ1) is 17.0. The Morgan fingerprint density at radius 3 is 2.71 bits per heavy atom. The van der Waals surface area contributed by atoms with Crippen molar-refractivity contribution in [2.75, 3.05) is 12.3 Å². The zero-order chi connectivity index (χ0) is 15.1. The SMILES string of the molecule is CCCNC(CSc1ccc(F)cc1)Cc1cc(Br)cs1. The molecule has 5 heteroatoms. The van der Waals surface area contributed by atoms with Gasteiger partial charge in [-0.1, -0.05) is 6.92 Å². The summed E-state index contributed by atoms with van der Waals surface area (Å²) in [6.07, 6.45) is 2.16. The van der Waals surface area contributed by atoms with Crippen molar-refractivity contribution in [1.82, 2.24) is 5.32 Å². The molecule has 114 valence electrons. The van der Waals surface area contributed by atoms with Crippen LogP contribution in [-0.4, -0.2) is 18.3 Å². The van der Waals surface area contributed by atoms with E-state index >= 15 is 0 Å². The van der Waals surface area contributed by atoms with Crippen LogP contribution in [0.1, 0.15) is 18.2 Å². The van der Waals surface area contributed by atoms with Crippen molar-refractivity contribution in [3.63, 3.8) is 0 Å². The van der Waals surface area contributed by atoms with E-state index in [-0.39, 0.29) is 5.82 Å². The van der Waals surface area contributed by atoms with Crippen molar-refractivity contribution in [3.05, 3.63) is 50.9 Å². The molecule has 0 aliphatic carbocycles. The fourth-order valence-corrected chi connectivity index (χ4v) is 4.46. The first-order chi connectivity index (χ1) is 10.2. The molecule has 0 saturated carbocycles. The molecular formula is C16H19BrFNS2. The molecule has 1 unspecified atom stereocenters. The molecule has 1 aromatic heterocycles. The maximum atomic E-state index is 12.9. The van der Waals surface area contributed by atoms with Crippen LogP contribution >= 0.6 is 39.0 Å². The number of thiophene rings is 1. The second-order valence-electron chi connectivity index (χ2n) is 4.85. The lowest BCUT2D eigenvalue weighted by atomic mass is 10.2. The summed E-state index contributed by atoms with van der Waals surface area (Å²) in [5, 5.41) is 5.73. The maximum absolute atomic E-state index is 12.9. The third kappa shape index (κ3) is 6.10. The summed E-state index contributed by atoms with van der Waals surface area (Å²) in [5.74, 6) is 0.810. The van der Waals surface area contributed by atoms with Crippen molar-refractivity contribution in [1.29, 1.82) is 0 Å². The molecule has 1 N–H and O–H groups in total. The molecule has 2 rings (SSSR count). The van der Waals surface area contributed by atoms with Gasteiger partial charge in [0.05, 0.1) is 0 Å². The number of hydrogen-bond acceptors (Lipinski definition) is 3. The molecule has 0 spiro atoms. The molecule has 1 nitrogen and oxygen atoms in total. The van der Waals surface area contributed by atoms with Crippen molar-refractivity contribution >= 4 is 39.0 Å². The van der Waals surface area contributed by atoms with E-state index in [1.165, 1.54) is 17.0 Å². The number of halogens is 2.